The summed E-state index contributed by atoms with van der Waals surface area (Å²) in [7, 11) is 1.71. The molecule has 2 rings (SSSR count). The van der Waals surface area contributed by atoms with Gasteiger partial charge in [-0.15, -0.1) is 0 Å². The lowest BCUT2D eigenvalue weighted by atomic mass is 10.2. The second kappa shape index (κ2) is 8.31. The Balaban J connectivity index is 2.02. The van der Waals surface area contributed by atoms with E-state index < -0.39 is 5.60 Å². The molecule has 2 aromatic rings. The Morgan fingerprint density at radius 2 is 1.88 bits per heavy atom. The van der Waals surface area contributed by atoms with Crippen LogP contribution in [0.15, 0.2) is 36.5 Å². The first-order valence-corrected chi connectivity index (χ1v) is 8.93. The van der Waals surface area contributed by atoms with Gasteiger partial charge in [-0.05, 0) is 51.5 Å². The Labute approximate surface area is 158 Å². The smallest absolute Gasteiger partial charge is 0.306 e. The molecule has 1 aromatic heterocycles. The standard InChI is InChI=1S/C19H25N3O3S/c1-19(2,3)25-16(23)11-8-12-21(4)17(24)15-13-20-18(26)22(15)14-9-6-5-7-10-14/h5-7,9-10,13H,8,11-12H2,1-4H3,(H,20,26). The van der Waals surface area contributed by atoms with Crippen molar-refractivity contribution in [3.8, 4) is 5.69 Å². The molecular weight excluding hydrogens is 350 g/mol. The van der Waals surface area contributed by atoms with Crippen molar-refractivity contribution in [2.75, 3.05) is 13.6 Å². The molecule has 1 aromatic carbocycles. The SMILES string of the molecule is CN(CCCC(=O)OC(C)(C)C)C(=O)c1c[nH]c(=S)n1-c1ccccc1. The molecule has 1 heterocycles. The van der Waals surface area contributed by atoms with Crippen LogP contribution in [0, 0.1) is 4.77 Å². The van der Waals surface area contributed by atoms with Crippen LogP contribution in [-0.2, 0) is 9.53 Å². The number of H-pyrrole nitrogens is 1. The highest BCUT2D eigenvalue weighted by atomic mass is 32.1. The average Bonchev–Trinajstić information content (AvgIpc) is 2.94. The summed E-state index contributed by atoms with van der Waals surface area (Å²) in [5, 5.41) is 0. The number of imidazole rings is 1. The van der Waals surface area contributed by atoms with Crippen LogP contribution in [0.4, 0.5) is 0 Å². The van der Waals surface area contributed by atoms with E-state index in [1.807, 2.05) is 51.1 Å². The lowest BCUT2D eigenvalue weighted by Crippen LogP contribution is -2.30. The first-order valence-electron chi connectivity index (χ1n) is 8.52. The normalized spacial score (nSPS) is 11.2. The Morgan fingerprint density at radius 3 is 2.50 bits per heavy atom. The van der Waals surface area contributed by atoms with E-state index in [4.69, 9.17) is 17.0 Å². The first-order chi connectivity index (χ1) is 12.2. The summed E-state index contributed by atoms with van der Waals surface area (Å²) >= 11 is 5.31. The van der Waals surface area contributed by atoms with E-state index in [0.717, 1.165) is 5.69 Å². The largest absolute Gasteiger partial charge is 0.460 e. The summed E-state index contributed by atoms with van der Waals surface area (Å²) in [6.45, 7) is 5.95. The van der Waals surface area contributed by atoms with Crippen molar-refractivity contribution in [1.82, 2.24) is 14.5 Å². The third-order valence-electron chi connectivity index (χ3n) is 3.65. The highest BCUT2D eigenvalue weighted by Gasteiger charge is 2.19. The van der Waals surface area contributed by atoms with Crippen LogP contribution in [0.2, 0.25) is 0 Å². The number of hydrogen-bond acceptors (Lipinski definition) is 4. The van der Waals surface area contributed by atoms with Crippen LogP contribution in [-0.4, -0.2) is 45.5 Å². The van der Waals surface area contributed by atoms with Crippen molar-refractivity contribution in [3.63, 3.8) is 0 Å². The van der Waals surface area contributed by atoms with Gasteiger partial charge in [-0.3, -0.25) is 14.2 Å². The number of carbonyl (C=O) groups is 2. The fourth-order valence-electron chi connectivity index (χ4n) is 2.51. The Hall–Kier alpha value is -2.41. The molecule has 0 aliphatic carbocycles. The van der Waals surface area contributed by atoms with Gasteiger partial charge in [0.25, 0.3) is 5.91 Å². The Morgan fingerprint density at radius 1 is 1.23 bits per heavy atom. The lowest BCUT2D eigenvalue weighted by Gasteiger charge is -2.21. The number of para-hydroxylation sites is 1. The molecule has 26 heavy (non-hydrogen) atoms. The number of nitrogens with zero attached hydrogens (tertiary/aromatic N) is 2. The molecule has 0 bridgehead atoms. The van der Waals surface area contributed by atoms with Crippen LogP contribution >= 0.6 is 12.2 Å². The third kappa shape index (κ3) is 5.29. The zero-order valence-electron chi connectivity index (χ0n) is 15.6. The summed E-state index contributed by atoms with van der Waals surface area (Å²) in [5.74, 6) is -0.419. The van der Waals surface area contributed by atoms with Crippen LogP contribution in [0.1, 0.15) is 44.1 Å². The summed E-state index contributed by atoms with van der Waals surface area (Å²) in [5.41, 5.74) is 0.788. The minimum absolute atomic E-state index is 0.162. The van der Waals surface area contributed by atoms with Gasteiger partial charge >= 0.3 is 5.97 Å². The molecule has 6 nitrogen and oxygen atoms in total. The highest BCUT2D eigenvalue weighted by Crippen LogP contribution is 2.15. The molecule has 0 radical (unpaired) electrons. The maximum absolute atomic E-state index is 12.8. The number of nitrogens with one attached hydrogen (secondary N) is 1. The minimum atomic E-state index is -0.495. The van der Waals surface area contributed by atoms with Crippen molar-refractivity contribution in [2.24, 2.45) is 0 Å². The van der Waals surface area contributed by atoms with Crippen molar-refractivity contribution in [1.29, 1.82) is 0 Å². The molecule has 1 N–H and O–H groups in total. The lowest BCUT2D eigenvalue weighted by molar-refractivity contribution is -0.154. The van der Waals surface area contributed by atoms with E-state index in [-0.39, 0.29) is 18.3 Å². The van der Waals surface area contributed by atoms with Crippen LogP contribution < -0.4 is 0 Å². The van der Waals surface area contributed by atoms with E-state index in [1.54, 1.807) is 22.7 Å². The minimum Gasteiger partial charge on any atom is -0.460 e. The average molecular weight is 375 g/mol. The molecule has 0 aliphatic rings. The van der Waals surface area contributed by atoms with Crippen molar-refractivity contribution in [3.05, 3.63) is 47.0 Å². The highest BCUT2D eigenvalue weighted by molar-refractivity contribution is 7.71. The molecule has 0 unspecified atom stereocenters. The number of esters is 1. The molecule has 0 saturated heterocycles. The van der Waals surface area contributed by atoms with E-state index in [0.29, 0.717) is 23.4 Å². The monoisotopic (exact) mass is 375 g/mol. The van der Waals surface area contributed by atoms with Crippen molar-refractivity contribution < 1.29 is 14.3 Å². The zero-order chi connectivity index (χ0) is 19.3. The van der Waals surface area contributed by atoms with E-state index >= 15 is 0 Å². The Kier molecular flexibility index (Phi) is 6.37. The molecule has 7 heteroatoms. The number of carbonyl (C=O) groups excluding carboxylic acids is 2. The number of amides is 1. The molecule has 0 aliphatic heterocycles. The number of hydrogen-bond donors (Lipinski definition) is 1. The summed E-state index contributed by atoms with van der Waals surface area (Å²) in [4.78, 5) is 29.1. The topological polar surface area (TPSA) is 67.3 Å². The van der Waals surface area contributed by atoms with E-state index in [2.05, 4.69) is 4.98 Å². The van der Waals surface area contributed by atoms with Gasteiger partial charge in [-0.1, -0.05) is 18.2 Å². The summed E-state index contributed by atoms with van der Waals surface area (Å²) in [6.07, 6.45) is 2.42. The maximum atomic E-state index is 12.8. The molecule has 0 atom stereocenters. The van der Waals surface area contributed by atoms with Gasteiger partial charge in [0, 0.05) is 31.9 Å². The van der Waals surface area contributed by atoms with Crippen LogP contribution in [0.5, 0.6) is 0 Å². The first kappa shape index (κ1) is 19.9. The van der Waals surface area contributed by atoms with Gasteiger partial charge in [0.15, 0.2) is 4.77 Å². The van der Waals surface area contributed by atoms with Crippen molar-refractivity contribution >= 4 is 24.1 Å². The van der Waals surface area contributed by atoms with Gasteiger partial charge in [0.2, 0.25) is 0 Å². The summed E-state index contributed by atoms with van der Waals surface area (Å²) < 4.78 is 7.45. The number of aromatic amines is 1. The van der Waals surface area contributed by atoms with Crippen molar-refractivity contribution in [2.45, 2.75) is 39.2 Å². The van der Waals surface area contributed by atoms with Gasteiger partial charge in [0.1, 0.15) is 11.3 Å². The second-order valence-electron chi connectivity index (χ2n) is 7.07. The van der Waals surface area contributed by atoms with Crippen LogP contribution in [0.25, 0.3) is 5.69 Å². The van der Waals surface area contributed by atoms with Gasteiger partial charge in [-0.2, -0.15) is 0 Å². The van der Waals surface area contributed by atoms with Gasteiger partial charge < -0.3 is 14.6 Å². The van der Waals surface area contributed by atoms with Gasteiger partial charge in [0.05, 0.1) is 0 Å². The van der Waals surface area contributed by atoms with Crippen LogP contribution in [0.3, 0.4) is 0 Å². The number of ether oxygens (including phenoxy) is 1. The molecule has 0 spiro atoms. The second-order valence-corrected chi connectivity index (χ2v) is 7.45. The quantitative estimate of drug-likeness (QED) is 0.617. The molecule has 0 saturated carbocycles. The van der Waals surface area contributed by atoms with E-state index in [1.165, 1.54) is 0 Å². The third-order valence-corrected chi connectivity index (χ3v) is 3.95. The molecular formula is C19H25N3O3S. The zero-order valence-corrected chi connectivity index (χ0v) is 16.4. The fourth-order valence-corrected chi connectivity index (χ4v) is 2.77. The number of rotatable bonds is 6. The fraction of sp³-hybridized carbons (Fsp3) is 0.421. The number of aromatic nitrogens is 2. The van der Waals surface area contributed by atoms with Gasteiger partial charge in [-0.25, -0.2) is 0 Å². The molecule has 0 fully saturated rings. The molecule has 140 valence electrons. The number of benzene rings is 1. The predicted octanol–water partition coefficient (Wildman–Crippen LogP) is 3.73. The van der Waals surface area contributed by atoms with E-state index in [9.17, 15) is 9.59 Å². The predicted molar refractivity (Wildman–Crippen MR) is 103 cm³/mol. The Bertz CT molecular complexity index is 819. The summed E-state index contributed by atoms with van der Waals surface area (Å²) in [6, 6.07) is 9.47. The maximum Gasteiger partial charge on any atom is 0.306 e. The molecule has 1 amide bonds.